The Hall–Kier alpha value is -3.56. The number of carbonyl (C=O) groups is 2. The Labute approximate surface area is 248 Å². The minimum atomic E-state index is -4.16. The summed E-state index contributed by atoms with van der Waals surface area (Å²) in [5.74, 6) is -0.276. The number of sulfonamides is 1. The summed E-state index contributed by atoms with van der Waals surface area (Å²) < 4.78 is 34.4. The van der Waals surface area contributed by atoms with E-state index in [1.54, 1.807) is 66.7 Å². The van der Waals surface area contributed by atoms with E-state index >= 15 is 0 Å². The molecule has 0 radical (unpaired) electrons. The van der Waals surface area contributed by atoms with E-state index in [4.69, 9.17) is 16.3 Å². The van der Waals surface area contributed by atoms with E-state index in [9.17, 15) is 18.0 Å². The van der Waals surface area contributed by atoms with Gasteiger partial charge in [-0.3, -0.25) is 13.9 Å². The van der Waals surface area contributed by atoms with E-state index in [0.717, 1.165) is 17.1 Å². The molecule has 2 amide bonds. The average Bonchev–Trinajstić information content (AvgIpc) is 2.97. The molecule has 41 heavy (non-hydrogen) atoms. The van der Waals surface area contributed by atoms with Gasteiger partial charge in [0.1, 0.15) is 18.3 Å². The van der Waals surface area contributed by atoms with E-state index in [2.05, 4.69) is 5.32 Å². The van der Waals surface area contributed by atoms with Crippen molar-refractivity contribution in [1.82, 2.24) is 10.2 Å². The van der Waals surface area contributed by atoms with Crippen molar-refractivity contribution >= 4 is 39.1 Å². The number of amides is 2. The lowest BCUT2D eigenvalue weighted by Gasteiger charge is -2.33. The summed E-state index contributed by atoms with van der Waals surface area (Å²) in [6.07, 6.45) is 2.06. The molecule has 3 aromatic carbocycles. The maximum Gasteiger partial charge on any atom is 0.264 e. The quantitative estimate of drug-likeness (QED) is 0.228. The van der Waals surface area contributed by atoms with E-state index in [0.29, 0.717) is 41.6 Å². The van der Waals surface area contributed by atoms with Gasteiger partial charge >= 0.3 is 0 Å². The van der Waals surface area contributed by atoms with Gasteiger partial charge in [0.25, 0.3) is 10.0 Å². The molecule has 0 fully saturated rings. The fraction of sp³-hybridized carbons (Fsp3) is 0.355. The summed E-state index contributed by atoms with van der Waals surface area (Å²) in [6.45, 7) is 6.16. The Balaban J connectivity index is 2.01. The molecule has 0 aliphatic rings. The maximum absolute atomic E-state index is 14.1. The van der Waals surface area contributed by atoms with Gasteiger partial charge in [0.05, 0.1) is 17.2 Å². The van der Waals surface area contributed by atoms with Crippen LogP contribution in [-0.2, 0) is 26.2 Å². The highest BCUT2D eigenvalue weighted by molar-refractivity contribution is 7.92. The van der Waals surface area contributed by atoms with Crippen molar-refractivity contribution in [3.63, 3.8) is 0 Å². The Morgan fingerprint density at radius 2 is 1.59 bits per heavy atom. The number of nitrogens with zero attached hydrogens (tertiary/aromatic N) is 2. The number of halogens is 1. The van der Waals surface area contributed by atoms with Crippen LogP contribution in [0.1, 0.15) is 45.6 Å². The van der Waals surface area contributed by atoms with Crippen LogP contribution in [0.3, 0.4) is 0 Å². The molecule has 0 saturated heterocycles. The second kappa shape index (κ2) is 15.4. The summed E-state index contributed by atoms with van der Waals surface area (Å²) in [6, 6.07) is 20.8. The van der Waals surface area contributed by atoms with E-state index in [1.807, 2.05) is 20.8 Å². The first kappa shape index (κ1) is 32.0. The van der Waals surface area contributed by atoms with Crippen LogP contribution in [0.2, 0.25) is 5.02 Å². The van der Waals surface area contributed by atoms with Gasteiger partial charge in [0, 0.05) is 18.1 Å². The lowest BCUT2D eigenvalue weighted by Crippen LogP contribution is -2.52. The highest BCUT2D eigenvalue weighted by atomic mass is 35.5. The van der Waals surface area contributed by atoms with Crippen LogP contribution >= 0.6 is 11.6 Å². The molecule has 1 atom stereocenters. The normalized spacial score (nSPS) is 11.9. The molecule has 8 nitrogen and oxygen atoms in total. The molecule has 220 valence electrons. The molecule has 1 N–H and O–H groups in total. The lowest BCUT2D eigenvalue weighted by atomic mass is 10.1. The van der Waals surface area contributed by atoms with Gasteiger partial charge in [-0.05, 0) is 67.8 Å². The maximum atomic E-state index is 14.1. The lowest BCUT2D eigenvalue weighted by molar-refractivity contribution is -0.140. The Bertz CT molecular complexity index is 1380. The van der Waals surface area contributed by atoms with E-state index in [-0.39, 0.29) is 17.3 Å². The van der Waals surface area contributed by atoms with Gasteiger partial charge in [0.15, 0.2) is 0 Å². The minimum Gasteiger partial charge on any atom is -0.494 e. The van der Waals surface area contributed by atoms with Crippen molar-refractivity contribution in [2.24, 2.45) is 0 Å². The van der Waals surface area contributed by atoms with Crippen molar-refractivity contribution in [2.45, 2.75) is 57.5 Å². The standard InChI is InChI=1S/C31H38ClN3O5S/c1-4-7-21-33-31(37)29(5-2)34(22-24-13-11-12-16-28(24)32)30(36)23-35(25-14-9-8-10-15-25)41(38,39)27-19-17-26(18-20-27)40-6-3/h8-20,29H,4-7,21-23H2,1-3H3,(H,33,37). The third-order valence-corrected chi connectivity index (χ3v) is 8.72. The number of anilines is 1. The van der Waals surface area contributed by atoms with Crippen LogP contribution in [0.4, 0.5) is 5.69 Å². The molecule has 0 aliphatic carbocycles. The summed E-state index contributed by atoms with van der Waals surface area (Å²) >= 11 is 6.44. The number of hydrogen-bond donors (Lipinski definition) is 1. The minimum absolute atomic E-state index is 0.0135. The number of hydrogen-bond acceptors (Lipinski definition) is 5. The third-order valence-electron chi connectivity index (χ3n) is 6.56. The predicted octanol–water partition coefficient (Wildman–Crippen LogP) is 5.66. The SMILES string of the molecule is CCCCNC(=O)C(CC)N(Cc1ccccc1Cl)C(=O)CN(c1ccccc1)S(=O)(=O)c1ccc(OCC)cc1. The Morgan fingerprint density at radius 1 is 0.927 bits per heavy atom. The summed E-state index contributed by atoms with van der Waals surface area (Å²) in [4.78, 5) is 28.8. The molecule has 10 heteroatoms. The zero-order valence-corrected chi connectivity index (χ0v) is 25.3. The third kappa shape index (κ3) is 8.47. The zero-order chi connectivity index (χ0) is 29.8. The zero-order valence-electron chi connectivity index (χ0n) is 23.8. The fourth-order valence-corrected chi connectivity index (χ4v) is 5.97. The monoisotopic (exact) mass is 599 g/mol. The molecule has 1 unspecified atom stereocenters. The first-order valence-electron chi connectivity index (χ1n) is 13.8. The number of para-hydroxylation sites is 1. The fourth-order valence-electron chi connectivity index (χ4n) is 4.36. The molecular weight excluding hydrogens is 562 g/mol. The molecule has 0 bridgehead atoms. The summed E-state index contributed by atoms with van der Waals surface area (Å²) in [5, 5.41) is 3.37. The molecule has 3 aromatic rings. The van der Waals surface area contributed by atoms with Crippen molar-refractivity contribution in [1.29, 1.82) is 0 Å². The first-order chi connectivity index (χ1) is 19.7. The molecule has 0 saturated carbocycles. The number of ether oxygens (including phenoxy) is 1. The van der Waals surface area contributed by atoms with Crippen molar-refractivity contribution in [2.75, 3.05) is 24.0 Å². The van der Waals surface area contributed by atoms with Gasteiger partial charge in [-0.15, -0.1) is 0 Å². The molecular formula is C31H38ClN3O5S. The van der Waals surface area contributed by atoms with Gasteiger partial charge in [-0.25, -0.2) is 8.42 Å². The van der Waals surface area contributed by atoms with E-state index < -0.39 is 28.5 Å². The van der Waals surface area contributed by atoms with Crippen LogP contribution in [0.25, 0.3) is 0 Å². The highest BCUT2D eigenvalue weighted by Gasteiger charge is 2.33. The second-order valence-corrected chi connectivity index (χ2v) is 11.7. The Kier molecular flexibility index (Phi) is 12.0. The molecule has 0 aromatic heterocycles. The van der Waals surface area contributed by atoms with Gasteiger partial charge < -0.3 is 15.0 Å². The largest absolute Gasteiger partial charge is 0.494 e. The van der Waals surface area contributed by atoms with Crippen LogP contribution in [-0.4, -0.2) is 50.9 Å². The number of rotatable bonds is 15. The molecule has 0 aliphatic heterocycles. The number of nitrogens with one attached hydrogen (secondary N) is 1. The summed E-state index contributed by atoms with van der Waals surface area (Å²) in [5.41, 5.74) is 0.982. The topological polar surface area (TPSA) is 96.0 Å². The predicted molar refractivity (Wildman–Crippen MR) is 163 cm³/mol. The van der Waals surface area contributed by atoms with Crippen molar-refractivity contribution < 1.29 is 22.7 Å². The Morgan fingerprint density at radius 3 is 2.20 bits per heavy atom. The highest BCUT2D eigenvalue weighted by Crippen LogP contribution is 2.26. The van der Waals surface area contributed by atoms with E-state index in [1.165, 1.54) is 17.0 Å². The number of carbonyl (C=O) groups excluding carboxylic acids is 2. The van der Waals surface area contributed by atoms with Gasteiger partial charge in [-0.1, -0.05) is 68.3 Å². The molecule has 0 spiro atoms. The first-order valence-corrected chi connectivity index (χ1v) is 15.7. The van der Waals surface area contributed by atoms with Crippen LogP contribution in [0, 0.1) is 0 Å². The second-order valence-electron chi connectivity index (χ2n) is 9.43. The molecule has 3 rings (SSSR count). The van der Waals surface area contributed by atoms with Crippen molar-refractivity contribution in [3.05, 3.63) is 89.4 Å². The molecule has 0 heterocycles. The smallest absolute Gasteiger partial charge is 0.264 e. The summed E-state index contributed by atoms with van der Waals surface area (Å²) in [7, 11) is -4.16. The number of unbranched alkanes of at least 4 members (excludes halogenated alkanes) is 1. The average molecular weight is 600 g/mol. The van der Waals surface area contributed by atoms with Gasteiger partial charge in [0.2, 0.25) is 11.8 Å². The van der Waals surface area contributed by atoms with Gasteiger partial charge in [-0.2, -0.15) is 0 Å². The van der Waals surface area contributed by atoms with Crippen LogP contribution in [0.15, 0.2) is 83.8 Å². The van der Waals surface area contributed by atoms with Crippen molar-refractivity contribution in [3.8, 4) is 5.75 Å². The number of benzene rings is 3. The van der Waals surface area contributed by atoms with Crippen LogP contribution < -0.4 is 14.4 Å². The van der Waals surface area contributed by atoms with Crippen LogP contribution in [0.5, 0.6) is 5.75 Å².